The molecule has 2 amide bonds. The van der Waals surface area contributed by atoms with E-state index in [1.807, 2.05) is 30.3 Å². The maximum atomic E-state index is 12.8. The third-order valence-electron chi connectivity index (χ3n) is 4.74. The second-order valence-electron chi connectivity index (χ2n) is 6.64. The first-order valence-corrected chi connectivity index (χ1v) is 9.47. The predicted octanol–water partition coefficient (Wildman–Crippen LogP) is 4.08. The van der Waals surface area contributed by atoms with Gasteiger partial charge in [0.05, 0.1) is 31.1 Å². The molecule has 31 heavy (non-hydrogen) atoms. The number of anilines is 2. The summed E-state index contributed by atoms with van der Waals surface area (Å²) in [6.45, 7) is 0. The Morgan fingerprint density at radius 1 is 0.806 bits per heavy atom. The third-order valence-corrected chi connectivity index (χ3v) is 4.74. The molecule has 4 aromatic rings. The molecule has 0 aliphatic heterocycles. The molecule has 4 rings (SSSR count). The number of aromatic nitrogens is 2. The number of para-hydroxylation sites is 1. The number of H-pyrrole nitrogens is 1. The van der Waals surface area contributed by atoms with E-state index in [4.69, 9.17) is 9.47 Å². The lowest BCUT2D eigenvalue weighted by atomic mass is 10.1. The molecule has 0 saturated heterocycles. The summed E-state index contributed by atoms with van der Waals surface area (Å²) in [6, 6.07) is 19.4. The molecule has 0 spiro atoms. The van der Waals surface area contributed by atoms with Gasteiger partial charge in [-0.2, -0.15) is 5.10 Å². The van der Waals surface area contributed by atoms with Crippen LogP contribution in [0.25, 0.3) is 10.9 Å². The van der Waals surface area contributed by atoms with Crippen LogP contribution in [0, 0.1) is 0 Å². The molecule has 3 N–H and O–H groups in total. The van der Waals surface area contributed by atoms with Crippen LogP contribution in [0.3, 0.4) is 0 Å². The van der Waals surface area contributed by atoms with Crippen LogP contribution >= 0.6 is 0 Å². The van der Waals surface area contributed by atoms with Crippen molar-refractivity contribution in [2.75, 3.05) is 24.9 Å². The van der Waals surface area contributed by atoms with Crippen molar-refractivity contribution >= 4 is 34.1 Å². The van der Waals surface area contributed by atoms with Crippen molar-refractivity contribution < 1.29 is 19.1 Å². The second kappa shape index (κ2) is 8.58. The Hall–Kier alpha value is -4.33. The van der Waals surface area contributed by atoms with Gasteiger partial charge in [-0.05, 0) is 18.2 Å². The van der Waals surface area contributed by atoms with Crippen LogP contribution in [-0.4, -0.2) is 36.2 Å². The van der Waals surface area contributed by atoms with E-state index >= 15 is 0 Å². The Kier molecular flexibility index (Phi) is 5.53. The fraction of sp³-hybridized carbons (Fsp3) is 0.0870. The Morgan fingerprint density at radius 3 is 2.03 bits per heavy atom. The van der Waals surface area contributed by atoms with Gasteiger partial charge in [0.15, 0.2) is 5.69 Å². The summed E-state index contributed by atoms with van der Waals surface area (Å²) in [5, 5.41) is 13.3. The van der Waals surface area contributed by atoms with Crippen molar-refractivity contribution in [3.63, 3.8) is 0 Å². The largest absolute Gasteiger partial charge is 0.494 e. The van der Waals surface area contributed by atoms with Gasteiger partial charge in [-0.3, -0.25) is 14.7 Å². The molecule has 156 valence electrons. The highest BCUT2D eigenvalue weighted by atomic mass is 16.5. The van der Waals surface area contributed by atoms with Crippen molar-refractivity contribution in [1.82, 2.24) is 10.2 Å². The van der Waals surface area contributed by atoms with Crippen molar-refractivity contribution in [3.05, 3.63) is 78.0 Å². The van der Waals surface area contributed by atoms with Crippen molar-refractivity contribution in [3.8, 4) is 11.5 Å². The van der Waals surface area contributed by atoms with Crippen molar-refractivity contribution in [1.29, 1.82) is 0 Å². The van der Waals surface area contributed by atoms with E-state index in [9.17, 15) is 9.59 Å². The molecular weight excluding hydrogens is 396 g/mol. The van der Waals surface area contributed by atoms with Gasteiger partial charge in [0.1, 0.15) is 11.5 Å². The summed E-state index contributed by atoms with van der Waals surface area (Å²) in [5.74, 6) is 0.0317. The lowest BCUT2D eigenvalue weighted by molar-refractivity contribution is 0.101. The number of carbonyl (C=O) groups is 2. The van der Waals surface area contributed by atoms with Crippen LogP contribution in [0.5, 0.6) is 11.5 Å². The molecule has 0 bridgehead atoms. The van der Waals surface area contributed by atoms with E-state index in [0.717, 1.165) is 5.52 Å². The molecule has 0 unspecified atom stereocenters. The number of carbonyl (C=O) groups excluding carboxylic acids is 2. The van der Waals surface area contributed by atoms with E-state index in [0.29, 0.717) is 33.8 Å². The van der Waals surface area contributed by atoms with E-state index in [-0.39, 0.29) is 11.6 Å². The summed E-state index contributed by atoms with van der Waals surface area (Å²) in [7, 11) is 2.96. The molecule has 0 radical (unpaired) electrons. The quantitative estimate of drug-likeness (QED) is 0.439. The average Bonchev–Trinajstić information content (AvgIpc) is 3.24. The topological polar surface area (TPSA) is 105 Å². The lowest BCUT2D eigenvalue weighted by Crippen LogP contribution is -2.15. The van der Waals surface area contributed by atoms with Crippen LogP contribution in [0.4, 0.5) is 11.4 Å². The van der Waals surface area contributed by atoms with Gasteiger partial charge in [-0.25, -0.2) is 0 Å². The molecule has 8 nitrogen and oxygen atoms in total. The second-order valence-corrected chi connectivity index (χ2v) is 6.64. The minimum Gasteiger partial charge on any atom is -0.494 e. The average molecular weight is 416 g/mol. The van der Waals surface area contributed by atoms with Gasteiger partial charge < -0.3 is 20.1 Å². The highest BCUT2D eigenvalue weighted by Gasteiger charge is 2.19. The first kappa shape index (κ1) is 20.0. The van der Waals surface area contributed by atoms with Crippen molar-refractivity contribution in [2.45, 2.75) is 0 Å². The maximum Gasteiger partial charge on any atom is 0.276 e. The Morgan fingerprint density at radius 2 is 1.39 bits per heavy atom. The fourth-order valence-corrected chi connectivity index (χ4v) is 3.20. The van der Waals surface area contributed by atoms with Crippen LogP contribution < -0.4 is 20.1 Å². The smallest absolute Gasteiger partial charge is 0.276 e. The van der Waals surface area contributed by atoms with Crippen LogP contribution in [0.1, 0.15) is 20.8 Å². The van der Waals surface area contributed by atoms with Crippen LogP contribution in [0.15, 0.2) is 66.7 Å². The minimum absolute atomic E-state index is 0.262. The number of nitrogens with zero attached hydrogens (tertiary/aromatic N) is 1. The van der Waals surface area contributed by atoms with Gasteiger partial charge in [0, 0.05) is 23.1 Å². The van der Waals surface area contributed by atoms with Gasteiger partial charge >= 0.3 is 0 Å². The first-order valence-electron chi connectivity index (χ1n) is 9.47. The van der Waals surface area contributed by atoms with Gasteiger partial charge in [-0.1, -0.05) is 36.4 Å². The number of ether oxygens (including phenoxy) is 2. The molecule has 0 aliphatic carbocycles. The number of benzene rings is 3. The van der Waals surface area contributed by atoms with Crippen molar-refractivity contribution in [2.24, 2.45) is 0 Å². The molecule has 3 aromatic carbocycles. The number of rotatable bonds is 6. The summed E-state index contributed by atoms with van der Waals surface area (Å²) in [6.07, 6.45) is 0. The minimum atomic E-state index is -0.404. The number of nitrogens with one attached hydrogen (secondary N) is 3. The molecule has 0 atom stereocenters. The summed E-state index contributed by atoms with van der Waals surface area (Å²) in [5.41, 5.74) is 2.33. The number of hydrogen-bond acceptors (Lipinski definition) is 5. The third kappa shape index (κ3) is 4.04. The highest BCUT2D eigenvalue weighted by Crippen LogP contribution is 2.37. The van der Waals surface area contributed by atoms with Crippen LogP contribution in [-0.2, 0) is 0 Å². The zero-order valence-corrected chi connectivity index (χ0v) is 16.9. The molecule has 1 aromatic heterocycles. The van der Waals surface area contributed by atoms with Gasteiger partial charge in [-0.15, -0.1) is 0 Å². The first-order chi connectivity index (χ1) is 15.1. The molecular formula is C23H20N4O4. The normalized spacial score (nSPS) is 10.5. The maximum absolute atomic E-state index is 12.8. The van der Waals surface area contributed by atoms with Crippen LogP contribution in [0.2, 0.25) is 0 Å². The van der Waals surface area contributed by atoms with E-state index in [1.165, 1.54) is 14.2 Å². The summed E-state index contributed by atoms with van der Waals surface area (Å²) < 4.78 is 10.9. The molecule has 0 saturated carbocycles. The number of fused-ring (bicyclic) bond motifs is 1. The standard InChI is InChI=1S/C23H20N4O4/c1-30-19-13-18(25-23(29)21-15-10-6-7-11-16(15)26-27-21)20(31-2)12-17(19)24-22(28)14-8-4-3-5-9-14/h3-13H,1-2H3,(H,24,28)(H,25,29)(H,26,27). The zero-order valence-electron chi connectivity index (χ0n) is 16.9. The Balaban J connectivity index is 1.62. The van der Waals surface area contributed by atoms with E-state index in [2.05, 4.69) is 20.8 Å². The van der Waals surface area contributed by atoms with Gasteiger partial charge in [0.2, 0.25) is 0 Å². The Bertz CT molecular complexity index is 1250. The Labute approximate surface area is 178 Å². The predicted molar refractivity (Wildman–Crippen MR) is 118 cm³/mol. The highest BCUT2D eigenvalue weighted by molar-refractivity contribution is 6.12. The van der Waals surface area contributed by atoms with E-state index < -0.39 is 5.91 Å². The van der Waals surface area contributed by atoms with Gasteiger partial charge in [0.25, 0.3) is 11.8 Å². The molecule has 0 fully saturated rings. The monoisotopic (exact) mass is 416 g/mol. The molecule has 8 heteroatoms. The number of aromatic amines is 1. The summed E-state index contributed by atoms with van der Waals surface area (Å²) in [4.78, 5) is 25.4. The number of methoxy groups -OCH3 is 2. The fourth-order valence-electron chi connectivity index (χ4n) is 3.20. The summed E-state index contributed by atoms with van der Waals surface area (Å²) >= 11 is 0. The number of amides is 2. The molecule has 0 aliphatic rings. The SMILES string of the molecule is COc1cc(NC(=O)c2n[nH]c3ccccc23)c(OC)cc1NC(=O)c1ccccc1. The lowest BCUT2D eigenvalue weighted by Gasteiger charge is -2.16. The zero-order chi connectivity index (χ0) is 21.8. The molecule has 1 heterocycles. The number of hydrogen-bond donors (Lipinski definition) is 3. The van der Waals surface area contributed by atoms with E-state index in [1.54, 1.807) is 36.4 Å².